The smallest absolute Gasteiger partial charge is 0.394 e. The van der Waals surface area contributed by atoms with Crippen LogP contribution in [0.15, 0.2) is 0 Å². The number of aliphatic hydroxyl groups excluding tert-OH is 1. The number of hydrogen-bond acceptors (Lipinski definition) is 2. The fourth-order valence-electron chi connectivity index (χ4n) is 2.77. The molecular weight excluding hydrogens is 304 g/mol. The lowest BCUT2D eigenvalue weighted by Gasteiger charge is -2.40. The second-order valence-electron chi connectivity index (χ2n) is 5.65. The van der Waals surface area contributed by atoms with Crippen molar-refractivity contribution >= 4 is 5.91 Å². The highest BCUT2D eigenvalue weighted by atomic mass is 19.4. The maximum Gasteiger partial charge on any atom is 0.409 e. The van der Waals surface area contributed by atoms with Gasteiger partial charge in [0.2, 0.25) is 11.8 Å². The number of aliphatic hydroxyl groups is 1. The number of hydrogen-bond donors (Lipinski definition) is 2. The van der Waals surface area contributed by atoms with Crippen LogP contribution in [-0.4, -0.2) is 35.5 Å². The van der Waals surface area contributed by atoms with Crippen LogP contribution in [0.3, 0.4) is 0 Å². The Hall–Kier alpha value is -0.990. The highest BCUT2D eigenvalue weighted by Gasteiger charge is 2.61. The van der Waals surface area contributed by atoms with E-state index in [2.05, 4.69) is 0 Å². The minimum atomic E-state index is -5.72. The van der Waals surface area contributed by atoms with Crippen molar-refractivity contribution < 1.29 is 36.2 Å². The summed E-state index contributed by atoms with van der Waals surface area (Å²) in [4.78, 5) is 11.5. The molecule has 0 heterocycles. The third kappa shape index (κ3) is 4.49. The molecule has 0 bridgehead atoms. The highest BCUT2D eigenvalue weighted by Crippen LogP contribution is 2.40. The van der Waals surface area contributed by atoms with E-state index in [1.165, 1.54) is 0 Å². The lowest BCUT2D eigenvalue weighted by molar-refractivity contribution is -0.275. The quantitative estimate of drug-likeness (QED) is 0.785. The van der Waals surface area contributed by atoms with E-state index in [1.807, 2.05) is 0 Å². The molecule has 0 aromatic heterocycles. The van der Waals surface area contributed by atoms with Gasteiger partial charge in [-0.3, -0.25) is 4.79 Å². The zero-order chi connectivity index (χ0) is 16.5. The summed E-state index contributed by atoms with van der Waals surface area (Å²) in [6.07, 6.45) is -9.87. The number of nitrogens with one attached hydrogen (secondary N) is 1. The largest absolute Gasteiger partial charge is 0.409 e. The maximum atomic E-state index is 12.5. The van der Waals surface area contributed by atoms with Crippen LogP contribution in [0.4, 0.5) is 26.3 Å². The third-order valence-corrected chi connectivity index (χ3v) is 3.70. The first kappa shape index (κ1) is 18.1. The second kappa shape index (κ2) is 6.02. The standard InChI is InChI=1S/C12H17F6NO2/c1-7-3-2-4-10(5-7,6-20)19-9(21)8(11(13,14)15)12(16,17)18/h7-8,20H,2-6H2,1H3,(H,19,21). The Morgan fingerprint density at radius 2 is 1.81 bits per heavy atom. The summed E-state index contributed by atoms with van der Waals surface area (Å²) in [5.74, 6) is -6.23. The normalized spacial score (nSPS) is 27.8. The summed E-state index contributed by atoms with van der Waals surface area (Å²) < 4.78 is 74.9. The summed E-state index contributed by atoms with van der Waals surface area (Å²) in [6.45, 7) is 1.08. The van der Waals surface area contributed by atoms with Gasteiger partial charge in [-0.25, -0.2) is 0 Å². The molecule has 2 atom stereocenters. The Morgan fingerprint density at radius 1 is 1.29 bits per heavy atom. The molecular formula is C12H17F6NO2. The van der Waals surface area contributed by atoms with E-state index >= 15 is 0 Å². The molecule has 124 valence electrons. The van der Waals surface area contributed by atoms with Crippen molar-refractivity contribution in [2.45, 2.75) is 50.5 Å². The molecule has 1 amide bonds. The fourth-order valence-corrected chi connectivity index (χ4v) is 2.77. The molecule has 1 aliphatic rings. The second-order valence-corrected chi connectivity index (χ2v) is 5.65. The Balaban J connectivity index is 2.95. The number of halogens is 6. The average molecular weight is 321 g/mol. The molecule has 1 fully saturated rings. The Bertz CT molecular complexity index is 367. The molecule has 0 spiro atoms. The lowest BCUT2D eigenvalue weighted by atomic mass is 9.76. The van der Waals surface area contributed by atoms with Gasteiger partial charge in [-0.15, -0.1) is 0 Å². The predicted molar refractivity (Wildman–Crippen MR) is 61.2 cm³/mol. The number of carbonyl (C=O) groups is 1. The van der Waals surface area contributed by atoms with Gasteiger partial charge in [0.15, 0.2) is 0 Å². The molecule has 0 aromatic rings. The molecule has 9 heteroatoms. The van der Waals surface area contributed by atoms with Crippen LogP contribution in [0.25, 0.3) is 0 Å². The van der Waals surface area contributed by atoms with Crippen LogP contribution in [0.1, 0.15) is 32.6 Å². The minimum absolute atomic E-state index is 0.00132. The Morgan fingerprint density at radius 3 is 2.19 bits per heavy atom. The number of carbonyl (C=O) groups excluding carboxylic acids is 1. The maximum absolute atomic E-state index is 12.5. The molecule has 1 aliphatic carbocycles. The van der Waals surface area contributed by atoms with E-state index in [1.54, 1.807) is 12.2 Å². The Kier molecular flexibility index (Phi) is 5.18. The monoisotopic (exact) mass is 321 g/mol. The summed E-state index contributed by atoms with van der Waals surface area (Å²) in [5, 5.41) is 11.1. The SMILES string of the molecule is CC1CCCC(CO)(NC(=O)C(C(F)(F)F)C(F)(F)F)C1. The van der Waals surface area contributed by atoms with E-state index in [4.69, 9.17) is 0 Å². The van der Waals surface area contributed by atoms with Gasteiger partial charge in [0.1, 0.15) is 0 Å². The van der Waals surface area contributed by atoms with Crippen LogP contribution >= 0.6 is 0 Å². The fraction of sp³-hybridized carbons (Fsp3) is 0.917. The molecule has 0 saturated heterocycles. The van der Waals surface area contributed by atoms with Crippen LogP contribution in [0.2, 0.25) is 0 Å². The molecule has 21 heavy (non-hydrogen) atoms. The van der Waals surface area contributed by atoms with Crippen molar-refractivity contribution in [1.29, 1.82) is 0 Å². The van der Waals surface area contributed by atoms with Gasteiger partial charge in [0, 0.05) is 0 Å². The first-order valence-electron chi connectivity index (χ1n) is 6.47. The summed E-state index contributed by atoms with van der Waals surface area (Å²) in [6, 6.07) is 0. The predicted octanol–water partition coefficient (Wildman–Crippen LogP) is 2.78. The molecule has 0 aromatic carbocycles. The van der Waals surface area contributed by atoms with E-state index in [9.17, 15) is 36.2 Å². The average Bonchev–Trinajstić information content (AvgIpc) is 2.24. The molecule has 1 saturated carbocycles. The van der Waals surface area contributed by atoms with Crippen molar-refractivity contribution in [2.24, 2.45) is 11.8 Å². The van der Waals surface area contributed by atoms with Gasteiger partial charge in [-0.05, 0) is 18.8 Å². The van der Waals surface area contributed by atoms with E-state index in [0.717, 1.165) is 6.42 Å². The van der Waals surface area contributed by atoms with E-state index in [0.29, 0.717) is 6.42 Å². The van der Waals surface area contributed by atoms with E-state index in [-0.39, 0.29) is 18.8 Å². The lowest BCUT2D eigenvalue weighted by Crippen LogP contribution is -2.59. The van der Waals surface area contributed by atoms with Crippen molar-refractivity contribution in [3.05, 3.63) is 0 Å². The van der Waals surface area contributed by atoms with Gasteiger partial charge in [0.25, 0.3) is 0 Å². The molecule has 1 rings (SSSR count). The van der Waals surface area contributed by atoms with Crippen LogP contribution in [0, 0.1) is 11.8 Å². The summed E-state index contributed by atoms with van der Waals surface area (Å²) in [5.41, 5.74) is -1.41. The zero-order valence-corrected chi connectivity index (χ0v) is 11.3. The number of rotatable bonds is 3. The number of alkyl halides is 6. The van der Waals surface area contributed by atoms with Crippen molar-refractivity contribution in [1.82, 2.24) is 5.32 Å². The highest BCUT2D eigenvalue weighted by molar-refractivity contribution is 5.81. The van der Waals surface area contributed by atoms with Gasteiger partial charge in [-0.2, -0.15) is 26.3 Å². The van der Waals surface area contributed by atoms with Crippen molar-refractivity contribution in [3.8, 4) is 0 Å². The van der Waals surface area contributed by atoms with E-state index < -0.39 is 36.3 Å². The van der Waals surface area contributed by atoms with Crippen LogP contribution in [0.5, 0.6) is 0 Å². The summed E-state index contributed by atoms with van der Waals surface area (Å²) in [7, 11) is 0. The first-order chi connectivity index (χ1) is 9.41. The Labute approximate surface area is 117 Å². The molecule has 0 radical (unpaired) electrons. The topological polar surface area (TPSA) is 49.3 Å². The van der Waals surface area contributed by atoms with Crippen LogP contribution in [-0.2, 0) is 4.79 Å². The van der Waals surface area contributed by atoms with Gasteiger partial charge in [0.05, 0.1) is 12.1 Å². The zero-order valence-electron chi connectivity index (χ0n) is 11.3. The molecule has 0 aliphatic heterocycles. The van der Waals surface area contributed by atoms with Crippen molar-refractivity contribution in [2.75, 3.05) is 6.61 Å². The van der Waals surface area contributed by atoms with Gasteiger partial charge in [-0.1, -0.05) is 19.8 Å². The molecule has 2 unspecified atom stereocenters. The minimum Gasteiger partial charge on any atom is -0.394 e. The molecule has 2 N–H and O–H groups in total. The van der Waals surface area contributed by atoms with Gasteiger partial charge < -0.3 is 10.4 Å². The summed E-state index contributed by atoms with van der Waals surface area (Å²) >= 11 is 0. The van der Waals surface area contributed by atoms with Gasteiger partial charge >= 0.3 is 12.4 Å². The van der Waals surface area contributed by atoms with Crippen molar-refractivity contribution in [3.63, 3.8) is 0 Å². The third-order valence-electron chi connectivity index (χ3n) is 3.70. The van der Waals surface area contributed by atoms with Crippen LogP contribution < -0.4 is 5.32 Å². The first-order valence-corrected chi connectivity index (χ1v) is 6.47. The molecule has 3 nitrogen and oxygen atoms in total. The number of amides is 1.